The second-order valence-electron chi connectivity index (χ2n) is 1.96. The molecule has 1 heterocycles. The lowest BCUT2D eigenvalue weighted by Gasteiger charge is -1.88. The average Bonchev–Trinajstić information content (AvgIpc) is 2.34. The minimum absolute atomic E-state index is 0.317. The van der Waals surface area contributed by atoms with Gasteiger partial charge in [-0.3, -0.25) is 4.79 Å². The summed E-state index contributed by atoms with van der Waals surface area (Å²) in [7, 11) is 0. The van der Waals surface area contributed by atoms with E-state index in [1.165, 1.54) is 6.26 Å². The maximum absolute atomic E-state index is 10.3. The lowest BCUT2D eigenvalue weighted by molar-refractivity contribution is -0.118. The van der Waals surface area contributed by atoms with Gasteiger partial charge in [0.2, 0.25) is 5.91 Å². The quantitative estimate of drug-likeness (QED) is 0.647. The van der Waals surface area contributed by atoms with Gasteiger partial charge in [-0.1, -0.05) is 5.16 Å². The molecule has 0 spiro atoms. The van der Waals surface area contributed by atoms with Crippen LogP contribution in [0.15, 0.2) is 16.9 Å². The predicted octanol–water partition coefficient (Wildman–Crippen LogP) is 0.0925. The third kappa shape index (κ3) is 1.89. The highest BCUT2D eigenvalue weighted by Crippen LogP contribution is 1.97. The molecule has 0 aromatic carbocycles. The fraction of sp³-hybridized carbons (Fsp3) is 0.333. The third-order valence-corrected chi connectivity index (χ3v) is 1.12. The van der Waals surface area contributed by atoms with Crippen molar-refractivity contribution in [3.63, 3.8) is 0 Å². The molecular weight excluding hydrogens is 132 g/mol. The molecule has 0 atom stereocenters. The van der Waals surface area contributed by atoms with Gasteiger partial charge in [-0.05, 0) is 0 Å². The zero-order valence-electron chi connectivity index (χ0n) is 5.41. The molecule has 4 heteroatoms. The van der Waals surface area contributed by atoms with Crippen LogP contribution in [0.25, 0.3) is 0 Å². The van der Waals surface area contributed by atoms with Crippen molar-refractivity contribution in [1.82, 2.24) is 5.16 Å². The topological polar surface area (TPSA) is 69.1 Å². The standard InChI is InChI=1S/C6H8N2O2/c7-6(9)2-1-5-3-4-10-8-5/h3-4H,1-2H2,(H2,7,9). The molecule has 4 nitrogen and oxygen atoms in total. The smallest absolute Gasteiger partial charge is 0.217 e. The molecular formula is C6H8N2O2. The van der Waals surface area contributed by atoms with Gasteiger partial charge in [0.25, 0.3) is 0 Å². The monoisotopic (exact) mass is 140 g/mol. The Kier molecular flexibility index (Phi) is 2.04. The van der Waals surface area contributed by atoms with Crippen molar-refractivity contribution in [3.05, 3.63) is 18.0 Å². The average molecular weight is 140 g/mol. The van der Waals surface area contributed by atoms with Crippen molar-refractivity contribution < 1.29 is 9.32 Å². The molecule has 0 aliphatic rings. The zero-order chi connectivity index (χ0) is 7.40. The molecule has 0 aliphatic heterocycles. The van der Waals surface area contributed by atoms with Gasteiger partial charge >= 0.3 is 0 Å². The fourth-order valence-electron chi connectivity index (χ4n) is 0.618. The summed E-state index contributed by atoms with van der Waals surface area (Å²) in [5.41, 5.74) is 5.67. The molecule has 1 amide bonds. The summed E-state index contributed by atoms with van der Waals surface area (Å²) >= 11 is 0. The second kappa shape index (κ2) is 3.00. The SMILES string of the molecule is NC(=O)CCc1ccon1. The summed E-state index contributed by atoms with van der Waals surface area (Å²) in [5, 5.41) is 3.61. The van der Waals surface area contributed by atoms with E-state index in [4.69, 9.17) is 5.73 Å². The van der Waals surface area contributed by atoms with Crippen LogP contribution in [0.4, 0.5) is 0 Å². The van der Waals surface area contributed by atoms with Gasteiger partial charge < -0.3 is 10.3 Å². The fourth-order valence-corrected chi connectivity index (χ4v) is 0.618. The number of aromatic nitrogens is 1. The van der Waals surface area contributed by atoms with Crippen LogP contribution in [0.1, 0.15) is 12.1 Å². The minimum atomic E-state index is -0.317. The number of nitrogens with two attached hydrogens (primary N) is 1. The highest BCUT2D eigenvalue weighted by atomic mass is 16.5. The summed E-state index contributed by atoms with van der Waals surface area (Å²) in [5.74, 6) is -0.317. The molecule has 0 bridgehead atoms. The Balaban J connectivity index is 2.35. The Morgan fingerprint density at radius 3 is 3.10 bits per heavy atom. The first-order valence-corrected chi connectivity index (χ1v) is 2.96. The number of nitrogens with zero attached hydrogens (tertiary/aromatic N) is 1. The van der Waals surface area contributed by atoms with Crippen LogP contribution in [-0.4, -0.2) is 11.1 Å². The van der Waals surface area contributed by atoms with Crippen LogP contribution in [-0.2, 0) is 11.2 Å². The molecule has 0 radical (unpaired) electrons. The molecule has 1 aromatic rings. The minimum Gasteiger partial charge on any atom is -0.370 e. The lowest BCUT2D eigenvalue weighted by Crippen LogP contribution is -2.11. The largest absolute Gasteiger partial charge is 0.370 e. The van der Waals surface area contributed by atoms with Gasteiger partial charge in [-0.25, -0.2) is 0 Å². The number of amides is 1. The Morgan fingerprint density at radius 1 is 1.80 bits per heavy atom. The maximum Gasteiger partial charge on any atom is 0.217 e. The number of aryl methyl sites for hydroxylation is 1. The van der Waals surface area contributed by atoms with Gasteiger partial charge in [0, 0.05) is 18.9 Å². The van der Waals surface area contributed by atoms with E-state index in [9.17, 15) is 4.79 Å². The van der Waals surface area contributed by atoms with Crippen LogP contribution in [0.2, 0.25) is 0 Å². The summed E-state index contributed by atoms with van der Waals surface area (Å²) in [6, 6.07) is 1.71. The lowest BCUT2D eigenvalue weighted by atomic mass is 10.2. The molecule has 54 valence electrons. The summed E-state index contributed by atoms with van der Waals surface area (Å²) in [6.45, 7) is 0. The van der Waals surface area contributed by atoms with Gasteiger partial charge in [0.15, 0.2) is 0 Å². The number of carbonyl (C=O) groups is 1. The van der Waals surface area contributed by atoms with Crippen LogP contribution in [0.5, 0.6) is 0 Å². The van der Waals surface area contributed by atoms with Crippen LogP contribution >= 0.6 is 0 Å². The number of carbonyl (C=O) groups excluding carboxylic acids is 1. The Morgan fingerprint density at radius 2 is 2.60 bits per heavy atom. The maximum atomic E-state index is 10.3. The normalized spacial score (nSPS) is 9.60. The van der Waals surface area contributed by atoms with E-state index in [2.05, 4.69) is 9.68 Å². The molecule has 0 fully saturated rings. The van der Waals surface area contributed by atoms with E-state index in [0.29, 0.717) is 12.8 Å². The molecule has 0 unspecified atom stereocenters. The summed E-state index contributed by atoms with van der Waals surface area (Å²) in [4.78, 5) is 10.3. The van der Waals surface area contributed by atoms with Crippen molar-refractivity contribution in [1.29, 1.82) is 0 Å². The van der Waals surface area contributed by atoms with Crippen molar-refractivity contribution in [2.45, 2.75) is 12.8 Å². The Bertz CT molecular complexity index is 206. The van der Waals surface area contributed by atoms with E-state index in [0.717, 1.165) is 5.69 Å². The van der Waals surface area contributed by atoms with Gasteiger partial charge in [0.05, 0.1) is 5.69 Å². The van der Waals surface area contributed by atoms with Gasteiger partial charge in [0.1, 0.15) is 6.26 Å². The number of hydrogen-bond acceptors (Lipinski definition) is 3. The number of hydrogen-bond donors (Lipinski definition) is 1. The van der Waals surface area contributed by atoms with E-state index >= 15 is 0 Å². The van der Waals surface area contributed by atoms with Crippen molar-refractivity contribution in [2.24, 2.45) is 5.73 Å². The third-order valence-electron chi connectivity index (χ3n) is 1.12. The van der Waals surface area contributed by atoms with Crippen molar-refractivity contribution >= 4 is 5.91 Å². The Hall–Kier alpha value is -1.32. The number of rotatable bonds is 3. The first-order valence-electron chi connectivity index (χ1n) is 2.96. The van der Waals surface area contributed by atoms with E-state index in [1.807, 2.05) is 0 Å². The highest BCUT2D eigenvalue weighted by Gasteiger charge is 1.98. The van der Waals surface area contributed by atoms with E-state index < -0.39 is 0 Å². The van der Waals surface area contributed by atoms with Gasteiger partial charge in [-0.2, -0.15) is 0 Å². The molecule has 10 heavy (non-hydrogen) atoms. The van der Waals surface area contributed by atoms with E-state index in [1.54, 1.807) is 6.07 Å². The molecule has 2 N–H and O–H groups in total. The molecule has 0 saturated carbocycles. The predicted molar refractivity (Wildman–Crippen MR) is 34.0 cm³/mol. The first kappa shape index (κ1) is 6.80. The summed E-state index contributed by atoms with van der Waals surface area (Å²) < 4.78 is 4.54. The number of primary amides is 1. The van der Waals surface area contributed by atoms with Crippen molar-refractivity contribution in [2.75, 3.05) is 0 Å². The second-order valence-corrected chi connectivity index (χ2v) is 1.96. The van der Waals surface area contributed by atoms with Crippen LogP contribution in [0, 0.1) is 0 Å². The van der Waals surface area contributed by atoms with Crippen LogP contribution < -0.4 is 5.73 Å². The van der Waals surface area contributed by atoms with Gasteiger partial charge in [-0.15, -0.1) is 0 Å². The highest BCUT2D eigenvalue weighted by molar-refractivity contribution is 5.73. The molecule has 0 aliphatic carbocycles. The Labute approximate surface area is 58.0 Å². The molecule has 1 rings (SSSR count). The first-order chi connectivity index (χ1) is 4.79. The molecule has 0 saturated heterocycles. The summed E-state index contributed by atoms with van der Waals surface area (Å²) in [6.07, 6.45) is 2.36. The molecule has 1 aromatic heterocycles. The van der Waals surface area contributed by atoms with Crippen molar-refractivity contribution in [3.8, 4) is 0 Å². The van der Waals surface area contributed by atoms with E-state index in [-0.39, 0.29) is 5.91 Å². The van der Waals surface area contributed by atoms with Crippen LogP contribution in [0.3, 0.4) is 0 Å². The zero-order valence-corrected chi connectivity index (χ0v) is 5.41.